The van der Waals surface area contributed by atoms with Crippen LogP contribution >= 0.6 is 11.6 Å². The lowest BCUT2D eigenvalue weighted by atomic mass is 10.3. The molecular weight excluding hydrogens is 295 g/mol. The zero-order valence-corrected chi connectivity index (χ0v) is 12.2. The fourth-order valence-corrected chi connectivity index (χ4v) is 1.87. The maximum atomic E-state index is 13.0. The highest BCUT2D eigenvalue weighted by molar-refractivity contribution is 6.32. The van der Waals surface area contributed by atoms with Crippen molar-refractivity contribution < 1.29 is 13.9 Å². The Hall–Kier alpha value is -2.14. The number of pyridine rings is 1. The quantitative estimate of drug-likeness (QED) is 0.797. The van der Waals surface area contributed by atoms with Gasteiger partial charge in [-0.25, -0.2) is 4.98 Å². The average Bonchev–Trinajstić information content (AvgIpc) is 2.48. The van der Waals surface area contributed by atoms with Gasteiger partial charge in [-0.05, 0) is 24.3 Å². The number of para-hydroxylation sites is 1. The van der Waals surface area contributed by atoms with Gasteiger partial charge in [-0.1, -0.05) is 29.8 Å². The second-order valence-corrected chi connectivity index (χ2v) is 4.76. The highest BCUT2D eigenvalue weighted by Gasteiger charge is 2.13. The Labute approximate surface area is 127 Å². The first kappa shape index (κ1) is 15.3. The van der Waals surface area contributed by atoms with Crippen LogP contribution in [0.15, 0.2) is 42.5 Å². The molecule has 0 fully saturated rings. The summed E-state index contributed by atoms with van der Waals surface area (Å²) in [6.07, 6.45) is 0. The van der Waals surface area contributed by atoms with Gasteiger partial charge in [0, 0.05) is 7.05 Å². The number of carbonyl (C=O) groups excluding carboxylic acids is 1. The van der Waals surface area contributed by atoms with Crippen LogP contribution in [0.1, 0.15) is 10.5 Å². The molecule has 0 aliphatic heterocycles. The standard InChI is InChI=1S/C15H14ClFN2O2/c1-19(15(20)12-6-4-8-14(17)18-12)9-10-21-13-7-3-2-5-11(13)16/h2-8H,9-10H2,1H3. The molecule has 2 aromatic rings. The Bertz CT molecular complexity index is 637. The van der Waals surface area contributed by atoms with Crippen molar-refractivity contribution in [3.05, 3.63) is 59.1 Å². The minimum Gasteiger partial charge on any atom is -0.490 e. The third kappa shape index (κ3) is 4.16. The van der Waals surface area contributed by atoms with Crippen molar-refractivity contribution in [3.63, 3.8) is 0 Å². The number of halogens is 2. The number of hydrogen-bond acceptors (Lipinski definition) is 3. The molecule has 0 saturated heterocycles. The first-order valence-electron chi connectivity index (χ1n) is 6.33. The zero-order valence-electron chi connectivity index (χ0n) is 11.4. The maximum Gasteiger partial charge on any atom is 0.272 e. The van der Waals surface area contributed by atoms with E-state index in [0.29, 0.717) is 17.3 Å². The van der Waals surface area contributed by atoms with Gasteiger partial charge in [0.25, 0.3) is 5.91 Å². The largest absolute Gasteiger partial charge is 0.490 e. The summed E-state index contributed by atoms with van der Waals surface area (Å²) >= 11 is 5.96. The molecule has 21 heavy (non-hydrogen) atoms. The Morgan fingerprint density at radius 1 is 1.29 bits per heavy atom. The van der Waals surface area contributed by atoms with E-state index in [1.807, 2.05) is 6.07 Å². The first-order chi connectivity index (χ1) is 10.1. The summed E-state index contributed by atoms with van der Waals surface area (Å²) in [5, 5.41) is 0.512. The molecular formula is C15H14ClFN2O2. The predicted octanol–water partition coefficient (Wildman–Crippen LogP) is 3.03. The number of carbonyl (C=O) groups is 1. The molecule has 0 unspecified atom stereocenters. The van der Waals surface area contributed by atoms with E-state index in [2.05, 4.69) is 4.98 Å². The van der Waals surface area contributed by atoms with E-state index in [-0.39, 0.29) is 18.2 Å². The van der Waals surface area contributed by atoms with Gasteiger partial charge in [-0.2, -0.15) is 4.39 Å². The van der Waals surface area contributed by atoms with Crippen molar-refractivity contribution in [2.24, 2.45) is 0 Å². The lowest BCUT2D eigenvalue weighted by Gasteiger charge is -2.17. The predicted molar refractivity (Wildman–Crippen MR) is 78.1 cm³/mol. The lowest BCUT2D eigenvalue weighted by molar-refractivity contribution is 0.0767. The molecule has 0 N–H and O–H groups in total. The van der Waals surface area contributed by atoms with E-state index in [0.717, 1.165) is 0 Å². The van der Waals surface area contributed by atoms with E-state index in [4.69, 9.17) is 16.3 Å². The van der Waals surface area contributed by atoms with Crippen LogP contribution in [0.2, 0.25) is 5.02 Å². The van der Waals surface area contributed by atoms with Crippen LogP contribution in [0.3, 0.4) is 0 Å². The van der Waals surface area contributed by atoms with Crippen LogP contribution in [0.5, 0.6) is 5.75 Å². The summed E-state index contributed by atoms with van der Waals surface area (Å²) in [6, 6.07) is 11.2. The number of aromatic nitrogens is 1. The van der Waals surface area contributed by atoms with Crippen molar-refractivity contribution in [1.29, 1.82) is 0 Å². The Balaban J connectivity index is 1.89. The molecule has 0 atom stereocenters. The Morgan fingerprint density at radius 3 is 2.76 bits per heavy atom. The zero-order chi connectivity index (χ0) is 15.2. The third-order valence-electron chi connectivity index (χ3n) is 2.80. The molecule has 0 aliphatic rings. The second kappa shape index (κ2) is 7.04. The van der Waals surface area contributed by atoms with Crippen LogP contribution in [-0.2, 0) is 0 Å². The van der Waals surface area contributed by atoms with E-state index in [1.165, 1.54) is 23.1 Å². The van der Waals surface area contributed by atoms with Gasteiger partial charge in [0.15, 0.2) is 0 Å². The van der Waals surface area contributed by atoms with Gasteiger partial charge in [0.05, 0.1) is 11.6 Å². The smallest absolute Gasteiger partial charge is 0.272 e. The molecule has 1 aromatic heterocycles. The van der Waals surface area contributed by atoms with Gasteiger partial charge in [0.2, 0.25) is 5.95 Å². The Kier molecular flexibility index (Phi) is 5.11. The summed E-state index contributed by atoms with van der Waals surface area (Å²) in [6.45, 7) is 0.615. The van der Waals surface area contributed by atoms with Crippen molar-refractivity contribution in [1.82, 2.24) is 9.88 Å². The summed E-state index contributed by atoms with van der Waals surface area (Å²) in [7, 11) is 1.60. The molecule has 4 nitrogen and oxygen atoms in total. The van der Waals surface area contributed by atoms with Gasteiger partial charge >= 0.3 is 0 Å². The van der Waals surface area contributed by atoms with Crippen molar-refractivity contribution in [2.45, 2.75) is 0 Å². The van der Waals surface area contributed by atoms with Crippen molar-refractivity contribution in [3.8, 4) is 5.75 Å². The minimum atomic E-state index is -0.679. The molecule has 0 saturated carbocycles. The fraction of sp³-hybridized carbons (Fsp3) is 0.200. The molecule has 0 bridgehead atoms. The van der Waals surface area contributed by atoms with Gasteiger partial charge in [-0.3, -0.25) is 4.79 Å². The molecule has 2 rings (SSSR count). The summed E-state index contributed by atoms with van der Waals surface area (Å²) in [5.74, 6) is -0.484. The SMILES string of the molecule is CN(CCOc1ccccc1Cl)C(=O)c1cccc(F)n1. The average molecular weight is 309 g/mol. The second-order valence-electron chi connectivity index (χ2n) is 4.35. The van der Waals surface area contributed by atoms with Crippen LogP contribution in [-0.4, -0.2) is 36.0 Å². The number of rotatable bonds is 5. The molecule has 1 amide bonds. The van der Waals surface area contributed by atoms with Crippen molar-refractivity contribution >= 4 is 17.5 Å². The molecule has 0 aliphatic carbocycles. The molecule has 0 radical (unpaired) electrons. The normalized spacial score (nSPS) is 10.2. The molecule has 110 valence electrons. The van der Waals surface area contributed by atoms with Crippen LogP contribution in [0.25, 0.3) is 0 Å². The van der Waals surface area contributed by atoms with Gasteiger partial charge < -0.3 is 9.64 Å². The number of hydrogen-bond donors (Lipinski definition) is 0. The first-order valence-corrected chi connectivity index (χ1v) is 6.71. The van der Waals surface area contributed by atoms with E-state index in [1.54, 1.807) is 25.2 Å². The summed E-state index contributed by atoms with van der Waals surface area (Å²) in [4.78, 5) is 17.0. The monoisotopic (exact) mass is 308 g/mol. The topological polar surface area (TPSA) is 42.4 Å². The van der Waals surface area contributed by atoms with Crippen molar-refractivity contribution in [2.75, 3.05) is 20.2 Å². The van der Waals surface area contributed by atoms with Crippen LogP contribution < -0.4 is 4.74 Å². The summed E-state index contributed by atoms with van der Waals surface area (Å²) < 4.78 is 18.5. The molecule has 1 aromatic carbocycles. The molecule has 6 heteroatoms. The molecule has 1 heterocycles. The number of nitrogens with zero attached hydrogens (tertiary/aromatic N) is 2. The number of amides is 1. The maximum absolute atomic E-state index is 13.0. The van der Waals surface area contributed by atoms with Crippen LogP contribution in [0.4, 0.5) is 4.39 Å². The minimum absolute atomic E-state index is 0.0650. The lowest BCUT2D eigenvalue weighted by Crippen LogP contribution is -2.31. The number of ether oxygens (including phenoxy) is 1. The van der Waals surface area contributed by atoms with E-state index in [9.17, 15) is 9.18 Å². The van der Waals surface area contributed by atoms with Gasteiger partial charge in [0.1, 0.15) is 18.1 Å². The number of likely N-dealkylation sites (N-methyl/N-ethyl adjacent to an activating group) is 1. The van der Waals surface area contributed by atoms with Crippen LogP contribution in [0, 0.1) is 5.95 Å². The molecule has 0 spiro atoms. The van der Waals surface area contributed by atoms with E-state index < -0.39 is 5.95 Å². The highest BCUT2D eigenvalue weighted by atomic mass is 35.5. The Morgan fingerprint density at radius 2 is 2.05 bits per heavy atom. The number of benzene rings is 1. The summed E-state index contributed by atoms with van der Waals surface area (Å²) in [5.41, 5.74) is 0.0650. The third-order valence-corrected chi connectivity index (χ3v) is 3.11. The van der Waals surface area contributed by atoms with E-state index >= 15 is 0 Å². The highest BCUT2D eigenvalue weighted by Crippen LogP contribution is 2.22. The van der Waals surface area contributed by atoms with Gasteiger partial charge in [-0.15, -0.1) is 0 Å². The fourth-order valence-electron chi connectivity index (χ4n) is 1.68.